The van der Waals surface area contributed by atoms with Gasteiger partial charge in [-0.25, -0.2) is 0 Å². The zero-order valence-electron chi connectivity index (χ0n) is 9.37. The molecule has 0 aliphatic rings. The van der Waals surface area contributed by atoms with Gasteiger partial charge in [0.1, 0.15) is 12.0 Å². The highest BCUT2D eigenvalue weighted by atomic mass is 35.5. The predicted octanol–water partition coefficient (Wildman–Crippen LogP) is 3.58. The standard InChI is InChI=1S/C13H12ClNO2/c1-9-6-11(8-17-9)13(16)15-12-4-2-10(7-14)3-5-12/h2-6,8H,7H2,1H3,(H,15,16). The van der Waals surface area contributed by atoms with Crippen LogP contribution >= 0.6 is 11.6 Å². The Balaban J connectivity index is 2.07. The van der Waals surface area contributed by atoms with Crippen molar-refractivity contribution < 1.29 is 9.21 Å². The Labute approximate surface area is 104 Å². The first-order valence-corrected chi connectivity index (χ1v) is 5.74. The van der Waals surface area contributed by atoms with Crippen LogP contribution in [0.1, 0.15) is 21.7 Å². The molecule has 17 heavy (non-hydrogen) atoms. The van der Waals surface area contributed by atoms with Crippen LogP contribution in [0.15, 0.2) is 41.0 Å². The molecule has 0 saturated heterocycles. The molecule has 0 aliphatic heterocycles. The van der Waals surface area contributed by atoms with Crippen LogP contribution in [0.3, 0.4) is 0 Å². The molecule has 4 heteroatoms. The number of carbonyl (C=O) groups excluding carboxylic acids is 1. The molecule has 1 amide bonds. The average Bonchev–Trinajstić information content (AvgIpc) is 2.77. The molecule has 88 valence electrons. The molecule has 1 aromatic carbocycles. The van der Waals surface area contributed by atoms with E-state index >= 15 is 0 Å². The number of hydrogen-bond acceptors (Lipinski definition) is 2. The van der Waals surface area contributed by atoms with Gasteiger partial charge < -0.3 is 9.73 Å². The Morgan fingerprint density at radius 1 is 1.35 bits per heavy atom. The van der Waals surface area contributed by atoms with Gasteiger partial charge in [0.25, 0.3) is 5.91 Å². The second-order valence-corrected chi connectivity index (χ2v) is 4.00. The Kier molecular flexibility index (Phi) is 3.49. The third-order valence-corrected chi connectivity index (χ3v) is 2.67. The summed E-state index contributed by atoms with van der Waals surface area (Å²) in [4.78, 5) is 11.8. The molecule has 1 aromatic heterocycles. The molecule has 2 rings (SSSR count). The van der Waals surface area contributed by atoms with E-state index in [0.29, 0.717) is 17.2 Å². The average molecular weight is 250 g/mol. The highest BCUT2D eigenvalue weighted by Gasteiger charge is 2.08. The number of amides is 1. The van der Waals surface area contributed by atoms with E-state index in [1.807, 2.05) is 24.3 Å². The molecule has 0 bridgehead atoms. The van der Waals surface area contributed by atoms with Crippen molar-refractivity contribution in [2.45, 2.75) is 12.8 Å². The minimum absolute atomic E-state index is 0.180. The Bertz CT molecular complexity index is 516. The summed E-state index contributed by atoms with van der Waals surface area (Å²) in [6, 6.07) is 9.10. The van der Waals surface area contributed by atoms with Crippen LogP contribution in [0, 0.1) is 6.92 Å². The van der Waals surface area contributed by atoms with Gasteiger partial charge in [-0.2, -0.15) is 0 Å². The highest BCUT2D eigenvalue weighted by molar-refractivity contribution is 6.17. The third kappa shape index (κ3) is 2.88. The fourth-order valence-corrected chi connectivity index (χ4v) is 1.62. The van der Waals surface area contributed by atoms with Crippen LogP contribution in [0.5, 0.6) is 0 Å². The predicted molar refractivity (Wildman–Crippen MR) is 67.4 cm³/mol. The molecule has 0 fully saturated rings. The van der Waals surface area contributed by atoms with Crippen molar-refractivity contribution in [1.29, 1.82) is 0 Å². The minimum atomic E-state index is -0.180. The van der Waals surface area contributed by atoms with Gasteiger partial charge in [-0.1, -0.05) is 12.1 Å². The van der Waals surface area contributed by atoms with Crippen LogP contribution in [0.25, 0.3) is 0 Å². The summed E-state index contributed by atoms with van der Waals surface area (Å²) in [7, 11) is 0. The largest absolute Gasteiger partial charge is 0.469 e. The number of carbonyl (C=O) groups is 1. The first-order valence-electron chi connectivity index (χ1n) is 5.20. The van der Waals surface area contributed by atoms with Gasteiger partial charge in [0.05, 0.1) is 5.56 Å². The van der Waals surface area contributed by atoms with Crippen molar-refractivity contribution in [2.75, 3.05) is 5.32 Å². The maximum Gasteiger partial charge on any atom is 0.258 e. The second kappa shape index (κ2) is 5.06. The van der Waals surface area contributed by atoms with E-state index in [2.05, 4.69) is 5.32 Å². The van der Waals surface area contributed by atoms with E-state index in [1.165, 1.54) is 6.26 Å². The van der Waals surface area contributed by atoms with Crippen molar-refractivity contribution in [3.8, 4) is 0 Å². The van der Waals surface area contributed by atoms with Crippen molar-refractivity contribution in [3.63, 3.8) is 0 Å². The number of benzene rings is 1. The molecule has 3 nitrogen and oxygen atoms in total. The van der Waals surface area contributed by atoms with Crippen molar-refractivity contribution in [2.24, 2.45) is 0 Å². The quantitative estimate of drug-likeness (QED) is 0.845. The lowest BCUT2D eigenvalue weighted by atomic mass is 10.2. The van der Waals surface area contributed by atoms with Crippen LogP contribution in [-0.2, 0) is 5.88 Å². The van der Waals surface area contributed by atoms with E-state index < -0.39 is 0 Å². The number of halogens is 1. The van der Waals surface area contributed by atoms with Crippen molar-refractivity contribution >= 4 is 23.2 Å². The van der Waals surface area contributed by atoms with Crippen LogP contribution in [0.4, 0.5) is 5.69 Å². The topological polar surface area (TPSA) is 42.2 Å². The summed E-state index contributed by atoms with van der Waals surface area (Å²) in [5.41, 5.74) is 2.27. The molecule has 2 aromatic rings. The number of rotatable bonds is 3. The summed E-state index contributed by atoms with van der Waals surface area (Å²) >= 11 is 5.68. The normalized spacial score (nSPS) is 10.2. The first-order chi connectivity index (χ1) is 8.19. The number of furan rings is 1. The first kappa shape index (κ1) is 11.7. The zero-order valence-corrected chi connectivity index (χ0v) is 10.1. The summed E-state index contributed by atoms with van der Waals surface area (Å²) in [6.07, 6.45) is 1.44. The minimum Gasteiger partial charge on any atom is -0.469 e. The summed E-state index contributed by atoms with van der Waals surface area (Å²) in [6.45, 7) is 1.80. The smallest absolute Gasteiger partial charge is 0.258 e. The molecular formula is C13H12ClNO2. The fraction of sp³-hybridized carbons (Fsp3) is 0.154. The molecule has 1 N–H and O–H groups in total. The summed E-state index contributed by atoms with van der Waals surface area (Å²) < 4.78 is 5.08. The molecule has 0 atom stereocenters. The molecule has 0 aliphatic carbocycles. The highest BCUT2D eigenvalue weighted by Crippen LogP contribution is 2.13. The number of nitrogens with one attached hydrogen (secondary N) is 1. The van der Waals surface area contributed by atoms with Gasteiger partial charge in [-0.05, 0) is 30.7 Å². The Hall–Kier alpha value is -1.74. The van der Waals surface area contributed by atoms with Gasteiger partial charge in [0.15, 0.2) is 0 Å². The van der Waals surface area contributed by atoms with Crippen LogP contribution in [0.2, 0.25) is 0 Å². The molecule has 0 unspecified atom stereocenters. The molecular weight excluding hydrogens is 238 g/mol. The van der Waals surface area contributed by atoms with Gasteiger partial charge in [0.2, 0.25) is 0 Å². The van der Waals surface area contributed by atoms with Gasteiger partial charge in [-0.3, -0.25) is 4.79 Å². The van der Waals surface area contributed by atoms with Gasteiger partial charge in [-0.15, -0.1) is 11.6 Å². The Morgan fingerprint density at radius 3 is 2.59 bits per heavy atom. The van der Waals surface area contributed by atoms with E-state index in [4.69, 9.17) is 16.0 Å². The van der Waals surface area contributed by atoms with E-state index in [9.17, 15) is 4.79 Å². The summed E-state index contributed by atoms with van der Waals surface area (Å²) in [5, 5.41) is 2.78. The van der Waals surface area contributed by atoms with Crippen LogP contribution in [-0.4, -0.2) is 5.91 Å². The second-order valence-electron chi connectivity index (χ2n) is 3.73. The maximum atomic E-state index is 11.8. The monoisotopic (exact) mass is 249 g/mol. The number of aryl methyl sites for hydroxylation is 1. The number of alkyl halides is 1. The molecule has 1 heterocycles. The molecule has 0 radical (unpaired) electrons. The molecule has 0 saturated carbocycles. The summed E-state index contributed by atoms with van der Waals surface area (Å²) in [5.74, 6) is 1.00. The maximum absolute atomic E-state index is 11.8. The van der Waals surface area contributed by atoms with Crippen molar-refractivity contribution in [1.82, 2.24) is 0 Å². The van der Waals surface area contributed by atoms with Crippen molar-refractivity contribution in [3.05, 3.63) is 53.5 Å². The lowest BCUT2D eigenvalue weighted by Crippen LogP contribution is -2.10. The number of anilines is 1. The fourth-order valence-electron chi connectivity index (χ4n) is 1.44. The van der Waals surface area contributed by atoms with Gasteiger partial charge >= 0.3 is 0 Å². The van der Waals surface area contributed by atoms with E-state index in [1.54, 1.807) is 13.0 Å². The lowest BCUT2D eigenvalue weighted by Gasteiger charge is -2.03. The molecule has 0 spiro atoms. The van der Waals surface area contributed by atoms with E-state index in [0.717, 1.165) is 11.3 Å². The number of hydrogen-bond donors (Lipinski definition) is 1. The van der Waals surface area contributed by atoms with E-state index in [-0.39, 0.29) is 5.91 Å². The van der Waals surface area contributed by atoms with Crippen LogP contribution < -0.4 is 5.32 Å². The van der Waals surface area contributed by atoms with Gasteiger partial charge in [0, 0.05) is 11.6 Å². The Morgan fingerprint density at radius 2 is 2.06 bits per heavy atom. The SMILES string of the molecule is Cc1cc(C(=O)Nc2ccc(CCl)cc2)co1. The zero-order chi connectivity index (χ0) is 12.3. The lowest BCUT2D eigenvalue weighted by molar-refractivity contribution is 0.102. The third-order valence-electron chi connectivity index (χ3n) is 2.36.